The summed E-state index contributed by atoms with van der Waals surface area (Å²) in [6.07, 6.45) is 2.89. The number of hydrogen-bond acceptors (Lipinski definition) is 4. The van der Waals surface area contributed by atoms with Crippen LogP contribution in [-0.4, -0.2) is 41.3 Å². The monoisotopic (exact) mass is 428 g/mol. The Kier molecular flexibility index (Phi) is 5.40. The lowest BCUT2D eigenvalue weighted by Crippen LogP contribution is -2.54. The molecule has 1 fully saturated rings. The lowest BCUT2D eigenvalue weighted by molar-refractivity contribution is 0.0867. The van der Waals surface area contributed by atoms with E-state index in [0.29, 0.717) is 0 Å². The van der Waals surface area contributed by atoms with Gasteiger partial charge in [-0.1, -0.05) is 42.5 Å². The van der Waals surface area contributed by atoms with E-state index in [-0.39, 0.29) is 29.6 Å². The minimum Gasteiger partial charge on any atom is -0.345 e. The number of carbonyl (C=O) groups is 1. The second-order valence-corrected chi connectivity index (χ2v) is 9.19. The molecule has 1 unspecified atom stereocenters. The fraction of sp³-hybridized carbons (Fsp3) is 0.238. The van der Waals surface area contributed by atoms with Crippen molar-refractivity contribution < 1.29 is 17.6 Å². The van der Waals surface area contributed by atoms with Crippen molar-refractivity contribution in [1.82, 2.24) is 19.2 Å². The van der Waals surface area contributed by atoms with Gasteiger partial charge in [0.15, 0.2) is 5.03 Å². The first-order valence-corrected chi connectivity index (χ1v) is 10.9. The van der Waals surface area contributed by atoms with Gasteiger partial charge in [-0.15, -0.1) is 0 Å². The molecule has 1 aliphatic rings. The molecule has 4 rings (SSSR count). The van der Waals surface area contributed by atoms with Gasteiger partial charge in [0.1, 0.15) is 5.82 Å². The number of aryl methyl sites for hydroxylation is 1. The molecular weight excluding hydrogens is 407 g/mol. The largest absolute Gasteiger partial charge is 0.345 e. The number of benzene rings is 2. The molecule has 1 atom stereocenters. The van der Waals surface area contributed by atoms with Crippen LogP contribution in [0.4, 0.5) is 4.39 Å². The Bertz CT molecular complexity index is 1160. The van der Waals surface area contributed by atoms with Gasteiger partial charge >= 0.3 is 0 Å². The molecule has 0 radical (unpaired) electrons. The number of amides is 1. The maximum Gasteiger partial charge on any atom is 0.262 e. The molecule has 2 aromatic carbocycles. The SMILES string of the molecule is Cn1cnc(S(=O)(=O)N2CC(C(NC(=O)c3ccccc3F)c3ccccc3)C2)c1. The second-order valence-electron chi connectivity index (χ2n) is 7.30. The van der Waals surface area contributed by atoms with E-state index in [2.05, 4.69) is 10.3 Å². The van der Waals surface area contributed by atoms with Gasteiger partial charge in [0, 0.05) is 32.3 Å². The normalized spacial score (nSPS) is 16.1. The van der Waals surface area contributed by atoms with Gasteiger partial charge in [0.2, 0.25) is 0 Å². The molecule has 1 aromatic heterocycles. The van der Waals surface area contributed by atoms with Crippen LogP contribution >= 0.6 is 0 Å². The molecule has 1 N–H and O–H groups in total. The van der Waals surface area contributed by atoms with Crippen LogP contribution in [0.25, 0.3) is 0 Å². The molecule has 2 heterocycles. The summed E-state index contributed by atoms with van der Waals surface area (Å²) in [4.78, 5) is 16.6. The smallest absolute Gasteiger partial charge is 0.262 e. The van der Waals surface area contributed by atoms with E-state index in [0.717, 1.165) is 5.56 Å². The summed E-state index contributed by atoms with van der Waals surface area (Å²) in [5.41, 5.74) is 0.790. The first kappa shape index (κ1) is 20.2. The van der Waals surface area contributed by atoms with Gasteiger partial charge in [0.25, 0.3) is 15.9 Å². The lowest BCUT2D eigenvalue weighted by Gasteiger charge is -2.42. The van der Waals surface area contributed by atoms with Crippen LogP contribution in [0.5, 0.6) is 0 Å². The number of halogens is 1. The molecule has 30 heavy (non-hydrogen) atoms. The van der Waals surface area contributed by atoms with E-state index in [1.54, 1.807) is 17.7 Å². The minimum absolute atomic E-state index is 0.00453. The summed E-state index contributed by atoms with van der Waals surface area (Å²) in [5, 5.41) is 2.88. The first-order chi connectivity index (χ1) is 14.4. The highest BCUT2D eigenvalue weighted by Gasteiger charge is 2.42. The van der Waals surface area contributed by atoms with E-state index in [9.17, 15) is 17.6 Å². The van der Waals surface area contributed by atoms with E-state index in [1.807, 2.05) is 30.3 Å². The average Bonchev–Trinajstić information content (AvgIpc) is 3.14. The summed E-state index contributed by atoms with van der Waals surface area (Å²) in [6, 6.07) is 14.6. The first-order valence-electron chi connectivity index (χ1n) is 9.44. The van der Waals surface area contributed by atoms with Crippen molar-refractivity contribution in [2.45, 2.75) is 11.1 Å². The van der Waals surface area contributed by atoms with Gasteiger partial charge < -0.3 is 9.88 Å². The summed E-state index contributed by atoms with van der Waals surface area (Å²) in [6.45, 7) is 0.464. The topological polar surface area (TPSA) is 84.3 Å². The number of aromatic nitrogens is 2. The third kappa shape index (κ3) is 3.86. The molecule has 156 valence electrons. The zero-order chi connectivity index (χ0) is 21.3. The number of nitrogens with zero attached hydrogens (tertiary/aromatic N) is 3. The number of hydrogen-bond donors (Lipinski definition) is 1. The highest BCUT2D eigenvalue weighted by atomic mass is 32.2. The fourth-order valence-corrected chi connectivity index (χ4v) is 5.05. The molecule has 0 saturated carbocycles. The Morgan fingerprint density at radius 3 is 2.43 bits per heavy atom. The van der Waals surface area contributed by atoms with Crippen molar-refractivity contribution in [3.05, 3.63) is 84.1 Å². The zero-order valence-corrected chi connectivity index (χ0v) is 17.1. The number of sulfonamides is 1. The number of nitrogens with one attached hydrogen (secondary N) is 1. The predicted octanol–water partition coefficient (Wildman–Crippen LogP) is 2.35. The van der Waals surface area contributed by atoms with E-state index >= 15 is 0 Å². The van der Waals surface area contributed by atoms with Gasteiger partial charge in [-0.2, -0.15) is 4.31 Å². The second kappa shape index (κ2) is 8.00. The third-order valence-electron chi connectivity index (χ3n) is 5.20. The predicted molar refractivity (Wildman–Crippen MR) is 109 cm³/mol. The molecule has 9 heteroatoms. The van der Waals surface area contributed by atoms with Gasteiger partial charge in [0.05, 0.1) is 17.9 Å². The van der Waals surface area contributed by atoms with Crippen molar-refractivity contribution in [2.24, 2.45) is 13.0 Å². The summed E-state index contributed by atoms with van der Waals surface area (Å²) < 4.78 is 42.4. The molecule has 1 saturated heterocycles. The number of rotatable bonds is 6. The molecule has 3 aromatic rings. The van der Waals surface area contributed by atoms with Crippen LogP contribution in [0.1, 0.15) is 22.0 Å². The van der Waals surface area contributed by atoms with Crippen molar-refractivity contribution >= 4 is 15.9 Å². The molecule has 1 amide bonds. The van der Waals surface area contributed by atoms with Crippen LogP contribution in [0.3, 0.4) is 0 Å². The lowest BCUT2D eigenvalue weighted by atomic mass is 9.88. The molecular formula is C21H21FN4O3S. The third-order valence-corrected chi connectivity index (χ3v) is 6.91. The standard InChI is InChI=1S/C21H21FN4O3S/c1-25-13-19(23-14-25)30(28,29)26-11-16(12-26)20(15-7-3-2-4-8-15)24-21(27)17-9-5-6-10-18(17)22/h2-10,13-14,16,20H,11-12H2,1H3,(H,24,27). The van der Waals surface area contributed by atoms with Crippen LogP contribution in [0, 0.1) is 11.7 Å². The molecule has 0 bridgehead atoms. The van der Waals surface area contributed by atoms with E-state index in [4.69, 9.17) is 0 Å². The molecule has 7 nitrogen and oxygen atoms in total. The van der Waals surface area contributed by atoms with Crippen LogP contribution in [0.2, 0.25) is 0 Å². The van der Waals surface area contributed by atoms with Gasteiger partial charge in [-0.3, -0.25) is 4.79 Å². The molecule has 0 spiro atoms. The van der Waals surface area contributed by atoms with Crippen molar-refractivity contribution in [1.29, 1.82) is 0 Å². The van der Waals surface area contributed by atoms with E-state index in [1.165, 1.54) is 35.0 Å². The van der Waals surface area contributed by atoms with Gasteiger partial charge in [-0.05, 0) is 17.7 Å². The Morgan fingerprint density at radius 2 is 1.80 bits per heavy atom. The van der Waals surface area contributed by atoms with Crippen molar-refractivity contribution in [3.8, 4) is 0 Å². The Morgan fingerprint density at radius 1 is 1.13 bits per heavy atom. The molecule has 0 aliphatic carbocycles. The van der Waals surface area contributed by atoms with Crippen LogP contribution in [0.15, 0.2) is 72.1 Å². The van der Waals surface area contributed by atoms with Crippen molar-refractivity contribution in [3.63, 3.8) is 0 Å². The maximum absolute atomic E-state index is 14.0. The van der Waals surface area contributed by atoms with Gasteiger partial charge in [-0.25, -0.2) is 17.8 Å². The Balaban J connectivity index is 1.54. The highest BCUT2D eigenvalue weighted by molar-refractivity contribution is 7.89. The average molecular weight is 428 g/mol. The quantitative estimate of drug-likeness (QED) is 0.653. The minimum atomic E-state index is -3.69. The summed E-state index contributed by atoms with van der Waals surface area (Å²) in [5.74, 6) is -1.29. The molecule has 1 aliphatic heterocycles. The van der Waals surface area contributed by atoms with E-state index < -0.39 is 27.8 Å². The zero-order valence-electron chi connectivity index (χ0n) is 16.3. The maximum atomic E-state index is 14.0. The Hall–Kier alpha value is -3.04. The summed E-state index contributed by atoms with van der Waals surface area (Å²) in [7, 11) is -1.99. The Labute approximate surface area is 174 Å². The van der Waals surface area contributed by atoms with Crippen LogP contribution in [-0.2, 0) is 17.1 Å². The van der Waals surface area contributed by atoms with Crippen molar-refractivity contribution in [2.75, 3.05) is 13.1 Å². The highest BCUT2D eigenvalue weighted by Crippen LogP contribution is 2.33. The summed E-state index contributed by atoms with van der Waals surface area (Å²) >= 11 is 0. The van der Waals surface area contributed by atoms with Crippen LogP contribution < -0.4 is 5.32 Å². The fourth-order valence-electron chi connectivity index (χ4n) is 3.53. The number of imidazole rings is 1. The number of carbonyl (C=O) groups excluding carboxylic acids is 1.